The van der Waals surface area contributed by atoms with Crippen LogP contribution in [0.4, 0.5) is 0 Å². The first-order valence-electron chi connectivity index (χ1n) is 7.32. The Morgan fingerprint density at radius 1 is 1.35 bits per heavy atom. The summed E-state index contributed by atoms with van der Waals surface area (Å²) in [5, 5.41) is 12.6. The molecule has 3 rings (SSSR count). The summed E-state index contributed by atoms with van der Waals surface area (Å²) in [6.45, 7) is 4.48. The van der Waals surface area contributed by atoms with Gasteiger partial charge in [-0.2, -0.15) is 5.10 Å². The van der Waals surface area contributed by atoms with Crippen molar-refractivity contribution in [3.05, 3.63) is 52.4 Å². The van der Waals surface area contributed by atoms with Gasteiger partial charge in [0.1, 0.15) is 10.7 Å². The molecule has 3 heterocycles. The van der Waals surface area contributed by atoms with E-state index in [9.17, 15) is 4.79 Å². The van der Waals surface area contributed by atoms with E-state index in [0.29, 0.717) is 18.2 Å². The first-order chi connectivity index (χ1) is 11.1. The quantitative estimate of drug-likeness (QED) is 0.754. The highest BCUT2D eigenvalue weighted by atomic mass is 32.1. The van der Waals surface area contributed by atoms with E-state index in [1.165, 1.54) is 11.3 Å². The predicted molar refractivity (Wildman–Crippen MR) is 89.2 cm³/mol. The average Bonchev–Trinajstić information content (AvgIpc) is 3.23. The lowest BCUT2D eigenvalue weighted by Gasteiger charge is -2.00. The van der Waals surface area contributed by atoms with Gasteiger partial charge in [-0.15, -0.1) is 11.3 Å². The molecule has 1 amide bonds. The summed E-state index contributed by atoms with van der Waals surface area (Å²) in [5.74, 6) is 0.111. The maximum atomic E-state index is 12.1. The predicted octanol–water partition coefficient (Wildman–Crippen LogP) is 2.98. The molecule has 0 spiro atoms. The molecule has 0 fully saturated rings. The summed E-state index contributed by atoms with van der Waals surface area (Å²) in [6, 6.07) is 5.60. The number of nitrogens with zero attached hydrogens (tertiary/aromatic N) is 3. The molecule has 0 aliphatic carbocycles. The van der Waals surface area contributed by atoms with Crippen LogP contribution in [0, 0.1) is 0 Å². The van der Waals surface area contributed by atoms with E-state index in [1.54, 1.807) is 18.5 Å². The second-order valence-corrected chi connectivity index (χ2v) is 6.35. The molecule has 0 aliphatic rings. The van der Waals surface area contributed by atoms with E-state index >= 15 is 0 Å². The number of carbonyl (C=O) groups excluding carboxylic acids is 1. The number of hydrogen-bond acceptors (Lipinski definition) is 5. The molecule has 6 nitrogen and oxygen atoms in total. The van der Waals surface area contributed by atoms with Gasteiger partial charge in [0.25, 0.3) is 5.91 Å². The van der Waals surface area contributed by atoms with Gasteiger partial charge in [0.2, 0.25) is 0 Å². The third kappa shape index (κ3) is 3.62. The fourth-order valence-corrected chi connectivity index (χ4v) is 2.79. The molecule has 0 unspecified atom stereocenters. The molecule has 23 heavy (non-hydrogen) atoms. The summed E-state index contributed by atoms with van der Waals surface area (Å²) in [5.41, 5.74) is 3.26. The molecular weight excluding hydrogens is 310 g/mol. The van der Waals surface area contributed by atoms with Crippen LogP contribution in [-0.4, -0.2) is 26.1 Å². The molecule has 0 aromatic carbocycles. The van der Waals surface area contributed by atoms with Gasteiger partial charge in [-0.1, -0.05) is 13.8 Å². The number of pyridine rings is 1. The van der Waals surface area contributed by atoms with E-state index in [0.717, 1.165) is 22.0 Å². The van der Waals surface area contributed by atoms with E-state index in [2.05, 4.69) is 25.5 Å². The molecule has 0 saturated carbocycles. The van der Waals surface area contributed by atoms with Crippen molar-refractivity contribution in [2.45, 2.75) is 26.3 Å². The minimum absolute atomic E-state index is 0.200. The highest BCUT2D eigenvalue weighted by molar-refractivity contribution is 7.09. The Morgan fingerprint density at radius 3 is 2.83 bits per heavy atom. The van der Waals surface area contributed by atoms with Crippen molar-refractivity contribution in [2.75, 3.05) is 0 Å². The van der Waals surface area contributed by atoms with Crippen LogP contribution in [0.1, 0.15) is 41.0 Å². The second-order valence-electron chi connectivity index (χ2n) is 5.41. The van der Waals surface area contributed by atoms with Crippen LogP contribution >= 0.6 is 11.3 Å². The highest BCUT2D eigenvalue weighted by Gasteiger charge is 2.12. The number of nitrogens with one attached hydrogen (secondary N) is 2. The van der Waals surface area contributed by atoms with Gasteiger partial charge in [-0.3, -0.25) is 14.9 Å². The zero-order valence-corrected chi connectivity index (χ0v) is 13.7. The maximum absolute atomic E-state index is 12.1. The number of hydrogen-bond donors (Lipinski definition) is 2. The molecular formula is C16H17N5OS. The highest BCUT2D eigenvalue weighted by Crippen LogP contribution is 2.21. The molecule has 0 saturated heterocycles. The van der Waals surface area contributed by atoms with Crippen molar-refractivity contribution in [2.24, 2.45) is 0 Å². The van der Waals surface area contributed by atoms with Crippen molar-refractivity contribution < 1.29 is 4.79 Å². The molecule has 3 aromatic heterocycles. The SMILES string of the molecule is CC(C)c1cc(C(=O)NCc2nc(-c3ccncc3)cs2)n[nH]1. The summed E-state index contributed by atoms with van der Waals surface area (Å²) in [4.78, 5) is 20.6. The van der Waals surface area contributed by atoms with Crippen molar-refractivity contribution in [3.63, 3.8) is 0 Å². The number of carbonyl (C=O) groups is 1. The molecule has 0 aliphatic heterocycles. The smallest absolute Gasteiger partial charge is 0.272 e. The van der Waals surface area contributed by atoms with Gasteiger partial charge in [-0.05, 0) is 24.1 Å². The Kier molecular flexibility index (Phi) is 4.47. The second kappa shape index (κ2) is 6.70. The lowest BCUT2D eigenvalue weighted by Crippen LogP contribution is -2.23. The number of aromatic nitrogens is 4. The Balaban J connectivity index is 1.62. The summed E-state index contributed by atoms with van der Waals surface area (Å²) < 4.78 is 0. The molecule has 0 radical (unpaired) electrons. The first-order valence-corrected chi connectivity index (χ1v) is 8.19. The molecule has 0 atom stereocenters. The number of H-pyrrole nitrogens is 1. The summed E-state index contributed by atoms with van der Waals surface area (Å²) in [7, 11) is 0. The van der Waals surface area contributed by atoms with Crippen LogP contribution in [0.3, 0.4) is 0 Å². The monoisotopic (exact) mass is 327 g/mol. The Bertz CT molecular complexity index is 794. The third-order valence-electron chi connectivity index (χ3n) is 3.38. The van der Waals surface area contributed by atoms with Crippen molar-refractivity contribution in [1.29, 1.82) is 0 Å². The van der Waals surface area contributed by atoms with Crippen LogP contribution in [0.25, 0.3) is 11.3 Å². The van der Waals surface area contributed by atoms with E-state index in [1.807, 2.05) is 31.4 Å². The Morgan fingerprint density at radius 2 is 2.13 bits per heavy atom. The van der Waals surface area contributed by atoms with Gasteiger partial charge in [0, 0.05) is 29.0 Å². The lowest BCUT2D eigenvalue weighted by molar-refractivity contribution is 0.0946. The van der Waals surface area contributed by atoms with Crippen molar-refractivity contribution in [1.82, 2.24) is 25.5 Å². The molecule has 3 aromatic rings. The van der Waals surface area contributed by atoms with Gasteiger partial charge >= 0.3 is 0 Å². The zero-order chi connectivity index (χ0) is 16.2. The number of amides is 1. The standard InChI is InChI=1S/C16H17N5OS/c1-10(2)12-7-13(21-20-12)16(22)18-8-15-19-14(9-23-15)11-3-5-17-6-4-11/h3-7,9-10H,8H2,1-2H3,(H,18,22)(H,20,21). The number of rotatable bonds is 5. The molecule has 2 N–H and O–H groups in total. The van der Waals surface area contributed by atoms with Crippen LogP contribution in [0.15, 0.2) is 36.0 Å². The van der Waals surface area contributed by atoms with Gasteiger partial charge in [0.15, 0.2) is 0 Å². The molecule has 0 bridgehead atoms. The Labute approximate surface area is 138 Å². The van der Waals surface area contributed by atoms with Crippen LogP contribution in [0.5, 0.6) is 0 Å². The lowest BCUT2D eigenvalue weighted by atomic mass is 10.1. The number of thiazole rings is 1. The molecule has 118 valence electrons. The molecule has 7 heteroatoms. The topological polar surface area (TPSA) is 83.6 Å². The normalized spacial score (nSPS) is 10.9. The summed E-state index contributed by atoms with van der Waals surface area (Å²) in [6.07, 6.45) is 3.47. The van der Waals surface area contributed by atoms with Gasteiger partial charge in [-0.25, -0.2) is 4.98 Å². The fourth-order valence-electron chi connectivity index (χ4n) is 2.04. The third-order valence-corrected chi connectivity index (χ3v) is 4.23. The first kappa shape index (κ1) is 15.4. The zero-order valence-electron chi connectivity index (χ0n) is 12.9. The number of aromatic amines is 1. The van der Waals surface area contributed by atoms with Crippen LogP contribution in [0.2, 0.25) is 0 Å². The van der Waals surface area contributed by atoms with E-state index in [4.69, 9.17) is 0 Å². The largest absolute Gasteiger partial charge is 0.344 e. The van der Waals surface area contributed by atoms with Gasteiger partial charge < -0.3 is 5.32 Å². The fraction of sp³-hybridized carbons (Fsp3) is 0.250. The van der Waals surface area contributed by atoms with Crippen molar-refractivity contribution in [3.8, 4) is 11.3 Å². The average molecular weight is 327 g/mol. The summed E-state index contributed by atoms with van der Waals surface area (Å²) >= 11 is 1.52. The minimum Gasteiger partial charge on any atom is -0.344 e. The van der Waals surface area contributed by atoms with Crippen LogP contribution < -0.4 is 5.32 Å². The minimum atomic E-state index is -0.200. The van der Waals surface area contributed by atoms with Gasteiger partial charge in [0.05, 0.1) is 12.2 Å². The van der Waals surface area contributed by atoms with E-state index in [-0.39, 0.29) is 5.91 Å². The van der Waals surface area contributed by atoms with E-state index < -0.39 is 0 Å². The maximum Gasteiger partial charge on any atom is 0.272 e. The van der Waals surface area contributed by atoms with Crippen molar-refractivity contribution >= 4 is 17.2 Å². The Hall–Kier alpha value is -2.54. The van der Waals surface area contributed by atoms with Crippen LogP contribution in [-0.2, 0) is 6.54 Å².